The highest BCUT2D eigenvalue weighted by atomic mass is 16.7. The van der Waals surface area contributed by atoms with Crippen molar-refractivity contribution in [3.05, 3.63) is 35.9 Å². The lowest BCUT2D eigenvalue weighted by Gasteiger charge is -2.46. The lowest BCUT2D eigenvalue weighted by molar-refractivity contribution is -0.290. The summed E-state index contributed by atoms with van der Waals surface area (Å²) in [4.78, 5) is 58.4. The average Bonchev–Trinajstić information content (AvgIpc) is 3.39. The number of rotatable bonds is 10. The summed E-state index contributed by atoms with van der Waals surface area (Å²) in [6.45, 7) is 15.0. The molecule has 0 aromatic heterocycles. The van der Waals surface area contributed by atoms with Gasteiger partial charge >= 0.3 is 6.09 Å². The third kappa shape index (κ3) is 8.81. The lowest BCUT2D eigenvalue weighted by Crippen LogP contribution is -2.59. The van der Waals surface area contributed by atoms with E-state index in [9.17, 15) is 24.3 Å². The normalized spacial score (nSPS) is 39.6. The summed E-state index contributed by atoms with van der Waals surface area (Å²) < 4.78 is 25.1. The number of carbonyl (C=O) groups excluding carboxylic acids is 4. The molecule has 0 radical (unpaired) electrons. The van der Waals surface area contributed by atoms with Crippen LogP contribution in [0, 0.1) is 29.6 Å². The zero-order valence-electron chi connectivity index (χ0n) is 33.1. The Morgan fingerprint density at radius 2 is 1.65 bits per heavy atom. The standard InChI is InChI=1S/C41H64N2O9/c1-11-30-22-32(44)26(4)34(46)28(6)37(51-38-35(47)31(42-9)21-25(3)50-38)40(7,49-10)23-24(2)33(45)27(5)36-41(30,8)52-39(48)43(36)20-16-15-19-29-17-13-12-14-18-29/h12-14,17-18,24-28,30-31,35-38,42,47H,11,15-16,19-23H2,1-10H3/t24-,25-,26+,27+,28+,30+,31+,35-,36?,37-,38+,40-,41-/m1/s1. The van der Waals surface area contributed by atoms with Gasteiger partial charge in [0.15, 0.2) is 6.29 Å². The summed E-state index contributed by atoms with van der Waals surface area (Å²) >= 11 is 0. The third-order valence-electron chi connectivity index (χ3n) is 12.5. The molecule has 1 aromatic carbocycles. The topological polar surface area (TPSA) is 141 Å². The van der Waals surface area contributed by atoms with Crippen molar-refractivity contribution < 1.29 is 43.2 Å². The van der Waals surface area contributed by atoms with E-state index in [4.69, 9.17) is 18.9 Å². The lowest BCUT2D eigenvalue weighted by atomic mass is 9.69. The van der Waals surface area contributed by atoms with Gasteiger partial charge in [0.2, 0.25) is 0 Å². The summed E-state index contributed by atoms with van der Waals surface area (Å²) in [6, 6.07) is 9.27. The Kier molecular flexibility index (Phi) is 14.3. The number of carbonyl (C=O) groups is 4. The van der Waals surface area contributed by atoms with Gasteiger partial charge in [0.05, 0.1) is 29.8 Å². The first-order chi connectivity index (χ1) is 24.5. The summed E-state index contributed by atoms with van der Waals surface area (Å²) in [5, 5.41) is 14.4. The first-order valence-electron chi connectivity index (χ1n) is 19.4. The van der Waals surface area contributed by atoms with Crippen LogP contribution in [0.25, 0.3) is 0 Å². The van der Waals surface area contributed by atoms with E-state index in [1.165, 1.54) is 12.7 Å². The molecule has 52 heavy (non-hydrogen) atoms. The molecule has 0 spiro atoms. The Balaban J connectivity index is 1.71. The molecule has 11 heteroatoms. The van der Waals surface area contributed by atoms with Gasteiger partial charge in [-0.05, 0) is 78.8 Å². The number of likely N-dealkylation sites (N-methyl/N-ethyl adjacent to an activating group) is 1. The maximum atomic E-state index is 14.6. The number of amides is 1. The number of Topliss-reactive ketones (excluding diaryl/α,β-unsaturated/α-hetero) is 3. The molecule has 3 aliphatic rings. The number of benzene rings is 1. The second-order valence-corrected chi connectivity index (χ2v) is 16.1. The molecule has 4 rings (SSSR count). The number of methoxy groups -OCH3 is 1. The number of aliphatic hydroxyl groups excluding tert-OH is 1. The summed E-state index contributed by atoms with van der Waals surface area (Å²) in [7, 11) is 3.29. The van der Waals surface area contributed by atoms with E-state index in [1.807, 2.05) is 52.8 Å². The van der Waals surface area contributed by atoms with Crippen LogP contribution in [0.15, 0.2) is 30.3 Å². The van der Waals surface area contributed by atoms with Crippen LogP contribution in [-0.2, 0) is 39.8 Å². The molecule has 1 saturated carbocycles. The minimum atomic E-state index is -1.20. The number of unbranched alkanes of at least 4 members (excludes halogenated alkanes) is 1. The molecule has 3 fully saturated rings. The summed E-state index contributed by atoms with van der Waals surface area (Å²) in [6.07, 6.45) is -0.0924. The Morgan fingerprint density at radius 1 is 0.981 bits per heavy atom. The fourth-order valence-corrected chi connectivity index (χ4v) is 9.20. The minimum absolute atomic E-state index is 0.00754. The number of nitrogens with one attached hydrogen (secondary N) is 1. The molecule has 1 unspecified atom stereocenters. The van der Waals surface area contributed by atoms with Crippen LogP contribution in [0.2, 0.25) is 0 Å². The molecule has 1 aliphatic carbocycles. The van der Waals surface area contributed by atoms with Crippen LogP contribution in [0.5, 0.6) is 0 Å². The minimum Gasteiger partial charge on any atom is -0.441 e. The Bertz CT molecular complexity index is 1390. The van der Waals surface area contributed by atoms with E-state index in [2.05, 4.69) is 17.4 Å². The Hall–Kier alpha value is -2.70. The molecule has 292 valence electrons. The van der Waals surface area contributed by atoms with Crippen molar-refractivity contribution >= 4 is 23.4 Å². The smallest absolute Gasteiger partial charge is 0.410 e. The van der Waals surface area contributed by atoms with Crippen molar-refractivity contribution in [1.29, 1.82) is 0 Å². The second kappa shape index (κ2) is 17.6. The van der Waals surface area contributed by atoms with E-state index >= 15 is 0 Å². The van der Waals surface area contributed by atoms with Gasteiger partial charge in [0.1, 0.15) is 29.1 Å². The van der Waals surface area contributed by atoms with E-state index in [0.29, 0.717) is 19.4 Å². The highest BCUT2D eigenvalue weighted by molar-refractivity contribution is 6.03. The molecule has 2 aliphatic heterocycles. The largest absolute Gasteiger partial charge is 0.441 e. The van der Waals surface area contributed by atoms with Crippen LogP contribution in [-0.4, -0.2) is 102 Å². The maximum Gasteiger partial charge on any atom is 0.410 e. The number of aryl methyl sites for hydroxylation is 1. The van der Waals surface area contributed by atoms with Gasteiger partial charge in [-0.25, -0.2) is 4.79 Å². The van der Waals surface area contributed by atoms with Crippen LogP contribution in [0.4, 0.5) is 4.79 Å². The zero-order valence-corrected chi connectivity index (χ0v) is 33.1. The van der Waals surface area contributed by atoms with Gasteiger partial charge in [-0.3, -0.25) is 14.4 Å². The molecule has 1 amide bonds. The molecule has 2 saturated heterocycles. The van der Waals surface area contributed by atoms with Crippen molar-refractivity contribution in [1.82, 2.24) is 10.2 Å². The summed E-state index contributed by atoms with van der Waals surface area (Å²) in [5.74, 6) is -4.13. The van der Waals surface area contributed by atoms with Gasteiger partial charge < -0.3 is 34.3 Å². The zero-order chi connectivity index (χ0) is 38.5. The first-order valence-corrected chi connectivity index (χ1v) is 19.4. The quantitative estimate of drug-likeness (QED) is 0.233. The van der Waals surface area contributed by atoms with Crippen LogP contribution >= 0.6 is 0 Å². The van der Waals surface area contributed by atoms with E-state index in [0.717, 1.165) is 19.3 Å². The molecule has 0 bridgehead atoms. The van der Waals surface area contributed by atoms with E-state index in [-0.39, 0.29) is 42.3 Å². The number of hydrogen-bond acceptors (Lipinski definition) is 10. The average molecular weight is 729 g/mol. The van der Waals surface area contributed by atoms with Gasteiger partial charge in [0.25, 0.3) is 0 Å². The molecule has 1 aromatic rings. The van der Waals surface area contributed by atoms with Gasteiger partial charge in [-0.2, -0.15) is 0 Å². The maximum absolute atomic E-state index is 14.6. The van der Waals surface area contributed by atoms with Crippen LogP contribution in [0.3, 0.4) is 0 Å². The number of aliphatic hydroxyl groups is 1. The molecule has 2 heterocycles. The Labute approximate surface area is 310 Å². The highest BCUT2D eigenvalue weighted by Crippen LogP contribution is 2.45. The number of ether oxygens (including phenoxy) is 4. The van der Waals surface area contributed by atoms with Crippen molar-refractivity contribution in [2.24, 2.45) is 29.6 Å². The number of ketones is 3. The number of hydrogen-bond donors (Lipinski definition) is 2. The van der Waals surface area contributed by atoms with Gasteiger partial charge in [-0.1, -0.05) is 58.0 Å². The number of nitrogens with zero attached hydrogens (tertiary/aromatic N) is 1. The molecule has 13 atom stereocenters. The summed E-state index contributed by atoms with van der Waals surface area (Å²) in [5.41, 5.74) is -1.12. The van der Waals surface area contributed by atoms with Crippen molar-refractivity contribution in [2.75, 3.05) is 20.7 Å². The van der Waals surface area contributed by atoms with Gasteiger partial charge in [0, 0.05) is 49.8 Å². The SMILES string of the molecule is CC[C@H]1CC(=O)[C@H](C)C(=O)[C@H](C)[C@@H](O[C@@H]2O[C@H](C)C[C@H](NC)[C@H]2O)[C@](C)(OC)C[C@@H](C)C(=O)[C@H](C)C2N(CCCCc3ccccc3)C(=O)O[C@@]21C. The predicted molar refractivity (Wildman–Crippen MR) is 198 cm³/mol. The third-order valence-corrected chi connectivity index (χ3v) is 12.5. The van der Waals surface area contributed by atoms with Crippen molar-refractivity contribution in [2.45, 2.75) is 148 Å². The number of fused-ring (bicyclic) bond motifs is 1. The monoisotopic (exact) mass is 728 g/mol. The molecular weight excluding hydrogens is 664 g/mol. The predicted octanol–water partition coefficient (Wildman–Crippen LogP) is 5.53. The molecule has 2 N–H and O–H groups in total. The van der Waals surface area contributed by atoms with Crippen molar-refractivity contribution in [3.63, 3.8) is 0 Å². The molecular formula is C41H64N2O9. The fourth-order valence-electron chi connectivity index (χ4n) is 9.20. The van der Waals surface area contributed by atoms with E-state index < -0.39 is 71.4 Å². The van der Waals surface area contributed by atoms with Crippen molar-refractivity contribution in [3.8, 4) is 0 Å². The van der Waals surface area contributed by atoms with Crippen LogP contribution in [0.1, 0.15) is 99.5 Å². The second-order valence-electron chi connectivity index (χ2n) is 16.1. The highest BCUT2D eigenvalue weighted by Gasteiger charge is 2.59. The van der Waals surface area contributed by atoms with Crippen LogP contribution < -0.4 is 5.32 Å². The first kappa shape index (κ1) is 42.0. The van der Waals surface area contributed by atoms with E-state index in [1.54, 1.807) is 32.7 Å². The molecule has 11 nitrogen and oxygen atoms in total. The Morgan fingerprint density at radius 3 is 2.27 bits per heavy atom. The van der Waals surface area contributed by atoms with Gasteiger partial charge in [-0.15, -0.1) is 0 Å². The fraction of sp³-hybridized carbons (Fsp3) is 0.756.